The van der Waals surface area contributed by atoms with Crippen molar-refractivity contribution in [3.63, 3.8) is 0 Å². The monoisotopic (exact) mass is 185 g/mol. The van der Waals surface area contributed by atoms with Gasteiger partial charge in [-0.1, -0.05) is 0 Å². The lowest BCUT2D eigenvalue weighted by Gasteiger charge is -2.09. The molecule has 2 rings (SSSR count). The Morgan fingerprint density at radius 1 is 1.62 bits per heavy atom. The van der Waals surface area contributed by atoms with Gasteiger partial charge in [0, 0.05) is 25.2 Å². The van der Waals surface area contributed by atoms with Gasteiger partial charge in [0.1, 0.15) is 6.10 Å². The van der Waals surface area contributed by atoms with Gasteiger partial charge in [0.05, 0.1) is 0 Å². The molecule has 74 valence electrons. The Morgan fingerprint density at radius 2 is 2.46 bits per heavy atom. The van der Waals surface area contributed by atoms with Crippen LogP contribution in [0.2, 0.25) is 0 Å². The Bertz CT molecular complexity index is 201. The molecule has 0 bridgehead atoms. The highest BCUT2D eigenvalue weighted by atomic mass is 16.5. The number of nitrogens with one attached hydrogen (secondary N) is 1. The van der Waals surface area contributed by atoms with Gasteiger partial charge in [0.25, 0.3) is 0 Å². The van der Waals surface area contributed by atoms with E-state index < -0.39 is 0 Å². The molecule has 0 radical (unpaired) electrons. The summed E-state index contributed by atoms with van der Waals surface area (Å²) in [6, 6.07) is 0.196. The number of aliphatic hydroxyl groups excluding tert-OH is 1. The lowest BCUT2D eigenvalue weighted by Crippen LogP contribution is -2.36. The Labute approximate surface area is 77.3 Å². The molecule has 1 aliphatic carbocycles. The summed E-state index contributed by atoms with van der Waals surface area (Å²) in [6.07, 6.45) is 2.49. The van der Waals surface area contributed by atoms with Crippen molar-refractivity contribution in [2.24, 2.45) is 5.92 Å². The first-order valence-corrected chi connectivity index (χ1v) is 4.84. The Hall–Kier alpha value is -0.610. The number of rotatable bonds is 3. The Balaban J connectivity index is 1.72. The van der Waals surface area contributed by atoms with Crippen LogP contribution in [0.1, 0.15) is 19.3 Å². The fraction of sp³-hybridized carbons (Fsp3) is 0.889. The predicted molar refractivity (Wildman–Crippen MR) is 46.1 cm³/mol. The van der Waals surface area contributed by atoms with Crippen molar-refractivity contribution in [1.82, 2.24) is 5.32 Å². The van der Waals surface area contributed by atoms with E-state index in [2.05, 4.69) is 5.32 Å². The smallest absolute Gasteiger partial charge is 0.249 e. The number of aliphatic hydroxyl groups is 1. The molecule has 2 N–H and O–H groups in total. The zero-order chi connectivity index (χ0) is 9.26. The quantitative estimate of drug-likeness (QED) is 0.632. The van der Waals surface area contributed by atoms with Crippen LogP contribution in [-0.4, -0.2) is 36.4 Å². The molecule has 0 aromatic carbocycles. The molecule has 1 heterocycles. The van der Waals surface area contributed by atoms with Crippen molar-refractivity contribution in [2.45, 2.75) is 31.4 Å². The molecule has 3 atom stereocenters. The highest BCUT2D eigenvalue weighted by Crippen LogP contribution is 2.29. The van der Waals surface area contributed by atoms with Crippen LogP contribution in [0.3, 0.4) is 0 Å². The van der Waals surface area contributed by atoms with Gasteiger partial charge in [-0.25, -0.2) is 0 Å². The fourth-order valence-corrected chi connectivity index (χ4v) is 1.69. The number of hydrogen-bond donors (Lipinski definition) is 2. The molecule has 1 amide bonds. The highest BCUT2D eigenvalue weighted by Gasteiger charge is 2.39. The molecule has 2 aliphatic rings. The highest BCUT2D eigenvalue weighted by molar-refractivity contribution is 5.81. The van der Waals surface area contributed by atoms with Crippen molar-refractivity contribution >= 4 is 5.91 Å². The van der Waals surface area contributed by atoms with Crippen molar-refractivity contribution in [3.8, 4) is 0 Å². The Morgan fingerprint density at radius 3 is 3.00 bits per heavy atom. The molecule has 4 heteroatoms. The van der Waals surface area contributed by atoms with Gasteiger partial charge in [-0.3, -0.25) is 4.79 Å². The minimum atomic E-state index is -0.236. The molecule has 1 unspecified atom stereocenters. The largest absolute Gasteiger partial charge is 0.396 e. The van der Waals surface area contributed by atoms with Crippen LogP contribution < -0.4 is 5.32 Å². The minimum absolute atomic E-state index is 0.00144. The third kappa shape index (κ3) is 2.00. The van der Waals surface area contributed by atoms with Crippen molar-refractivity contribution in [1.29, 1.82) is 0 Å². The number of ether oxygens (including phenoxy) is 1. The maximum absolute atomic E-state index is 11.4. The molecule has 0 spiro atoms. The summed E-state index contributed by atoms with van der Waals surface area (Å²) in [7, 11) is 0. The minimum Gasteiger partial charge on any atom is -0.396 e. The van der Waals surface area contributed by atoms with E-state index in [1.54, 1.807) is 0 Å². The second-order valence-corrected chi connectivity index (χ2v) is 3.80. The zero-order valence-corrected chi connectivity index (χ0v) is 7.53. The Kier molecular flexibility index (Phi) is 2.51. The summed E-state index contributed by atoms with van der Waals surface area (Å²) in [5.41, 5.74) is 0. The molecule has 2 fully saturated rings. The second kappa shape index (κ2) is 3.64. The van der Waals surface area contributed by atoms with Crippen LogP contribution >= 0.6 is 0 Å². The van der Waals surface area contributed by atoms with E-state index in [1.807, 2.05) is 0 Å². The molecule has 1 saturated heterocycles. The van der Waals surface area contributed by atoms with Gasteiger partial charge in [-0.15, -0.1) is 0 Å². The van der Waals surface area contributed by atoms with E-state index in [-0.39, 0.29) is 30.6 Å². The molecular formula is C9H15NO3. The number of amides is 1. The van der Waals surface area contributed by atoms with Crippen LogP contribution in [0.25, 0.3) is 0 Å². The molecule has 0 aromatic heterocycles. The van der Waals surface area contributed by atoms with E-state index in [1.165, 1.54) is 0 Å². The van der Waals surface area contributed by atoms with E-state index >= 15 is 0 Å². The molecule has 1 saturated carbocycles. The van der Waals surface area contributed by atoms with Crippen LogP contribution in [0.5, 0.6) is 0 Å². The third-order valence-electron chi connectivity index (χ3n) is 2.71. The average Bonchev–Trinajstić information content (AvgIpc) is 2.68. The number of carbonyl (C=O) groups excluding carboxylic acids is 1. The van der Waals surface area contributed by atoms with Crippen LogP contribution in [0, 0.1) is 5.92 Å². The first kappa shape index (κ1) is 8.97. The summed E-state index contributed by atoms with van der Waals surface area (Å²) >= 11 is 0. The molecule has 0 aromatic rings. The van der Waals surface area contributed by atoms with Gasteiger partial charge in [-0.2, -0.15) is 0 Å². The lowest BCUT2D eigenvalue weighted by atomic mass is 10.2. The van der Waals surface area contributed by atoms with Crippen molar-refractivity contribution in [3.05, 3.63) is 0 Å². The summed E-state index contributed by atoms with van der Waals surface area (Å²) in [5.74, 6) is 0.281. The van der Waals surface area contributed by atoms with Crippen molar-refractivity contribution < 1.29 is 14.6 Å². The number of hydrogen-bond acceptors (Lipinski definition) is 3. The third-order valence-corrected chi connectivity index (χ3v) is 2.71. The lowest BCUT2D eigenvalue weighted by molar-refractivity contribution is -0.130. The topological polar surface area (TPSA) is 58.6 Å². The van der Waals surface area contributed by atoms with Gasteiger partial charge in [0.15, 0.2) is 0 Å². The standard InChI is InChI=1S/C9H15NO3/c11-5-6-4-7(6)10-9(12)8-2-1-3-13-8/h6-8,11H,1-5H2,(H,10,12)/t6-,7+,8?/m0/s1. The predicted octanol–water partition coefficient (Wildman–Crippen LogP) is -0.338. The SMILES string of the molecule is O=C(N[C@@H]1C[C@H]1CO)C1CCCO1. The van der Waals surface area contributed by atoms with Crippen molar-refractivity contribution in [2.75, 3.05) is 13.2 Å². The molecule has 4 nitrogen and oxygen atoms in total. The normalized spacial score (nSPS) is 37.5. The molecule has 13 heavy (non-hydrogen) atoms. The maximum Gasteiger partial charge on any atom is 0.249 e. The maximum atomic E-state index is 11.4. The summed E-state index contributed by atoms with van der Waals surface area (Å²) < 4.78 is 5.24. The van der Waals surface area contributed by atoms with Gasteiger partial charge in [-0.05, 0) is 19.3 Å². The van der Waals surface area contributed by atoms with Gasteiger partial charge < -0.3 is 15.2 Å². The fourth-order valence-electron chi connectivity index (χ4n) is 1.69. The summed E-state index contributed by atoms with van der Waals surface area (Å²) in [5, 5.41) is 11.6. The first-order valence-electron chi connectivity index (χ1n) is 4.84. The van der Waals surface area contributed by atoms with E-state index in [0.717, 1.165) is 19.3 Å². The number of carbonyl (C=O) groups is 1. The first-order chi connectivity index (χ1) is 6.31. The second-order valence-electron chi connectivity index (χ2n) is 3.80. The van der Waals surface area contributed by atoms with Crippen LogP contribution in [0.4, 0.5) is 0 Å². The van der Waals surface area contributed by atoms with E-state index in [4.69, 9.17) is 9.84 Å². The van der Waals surface area contributed by atoms with E-state index in [0.29, 0.717) is 6.61 Å². The van der Waals surface area contributed by atoms with Gasteiger partial charge >= 0.3 is 0 Å². The van der Waals surface area contributed by atoms with Crippen LogP contribution in [-0.2, 0) is 9.53 Å². The van der Waals surface area contributed by atoms with Crippen LogP contribution in [0.15, 0.2) is 0 Å². The summed E-state index contributed by atoms with van der Waals surface area (Å²) in [6.45, 7) is 0.878. The van der Waals surface area contributed by atoms with E-state index in [9.17, 15) is 4.79 Å². The van der Waals surface area contributed by atoms with Gasteiger partial charge in [0.2, 0.25) is 5.91 Å². The average molecular weight is 185 g/mol. The zero-order valence-electron chi connectivity index (χ0n) is 7.53. The summed E-state index contributed by atoms with van der Waals surface area (Å²) in [4.78, 5) is 11.4. The molecular weight excluding hydrogens is 170 g/mol. The molecule has 1 aliphatic heterocycles.